The van der Waals surface area contributed by atoms with Gasteiger partial charge in [-0.15, -0.1) is 0 Å². The molecule has 2 aliphatic heterocycles. The molecule has 0 saturated heterocycles. The van der Waals surface area contributed by atoms with Crippen LogP contribution in [-0.4, -0.2) is 43.4 Å². The summed E-state index contributed by atoms with van der Waals surface area (Å²) in [6.07, 6.45) is 1.18. The molecule has 1 aliphatic carbocycles. The monoisotopic (exact) mass is 477 g/mol. The number of aromatic hydroxyl groups is 1. The Labute approximate surface area is 198 Å². The van der Waals surface area contributed by atoms with Gasteiger partial charge in [0.2, 0.25) is 5.91 Å². The van der Waals surface area contributed by atoms with E-state index in [0.29, 0.717) is 29.7 Å². The second-order valence-electron chi connectivity index (χ2n) is 9.27. The second-order valence-corrected chi connectivity index (χ2v) is 9.27. The third-order valence-electron chi connectivity index (χ3n) is 7.43. The van der Waals surface area contributed by atoms with Crippen molar-refractivity contribution < 1.29 is 29.6 Å². The van der Waals surface area contributed by atoms with Crippen LogP contribution >= 0.6 is 0 Å². The number of aromatic nitrogens is 2. The van der Waals surface area contributed by atoms with Gasteiger partial charge in [0.05, 0.1) is 35.1 Å². The Kier molecular flexibility index (Phi) is 4.58. The number of phenolic OH excluding ortho intramolecular Hbond substituents is 1. The van der Waals surface area contributed by atoms with Gasteiger partial charge < -0.3 is 29.9 Å². The van der Waals surface area contributed by atoms with Gasteiger partial charge in [0.15, 0.2) is 5.60 Å². The van der Waals surface area contributed by atoms with Crippen molar-refractivity contribution in [3.05, 3.63) is 56.4 Å². The molecule has 1 aromatic carbocycles. The maximum atomic E-state index is 13.5. The van der Waals surface area contributed by atoms with E-state index in [0.717, 1.165) is 22.1 Å². The largest absolute Gasteiger partial charge is 0.508 e. The van der Waals surface area contributed by atoms with Crippen molar-refractivity contribution in [2.24, 2.45) is 0 Å². The van der Waals surface area contributed by atoms with Crippen LogP contribution in [0.1, 0.15) is 53.6 Å². The number of aliphatic hydroxyl groups excluding tert-OH is 1. The summed E-state index contributed by atoms with van der Waals surface area (Å²) in [5.74, 6) is -1.24. The molecule has 35 heavy (non-hydrogen) atoms. The molecule has 0 unspecified atom stereocenters. The molecule has 2 atom stereocenters. The normalized spacial score (nSPS) is 21.8. The number of aliphatic hydroxyl groups is 2. The number of pyridine rings is 2. The van der Waals surface area contributed by atoms with E-state index in [1.54, 1.807) is 23.6 Å². The van der Waals surface area contributed by atoms with Crippen LogP contribution in [0.2, 0.25) is 0 Å². The molecule has 3 aromatic rings. The fourth-order valence-corrected chi connectivity index (χ4v) is 5.73. The molecule has 10 nitrogen and oxygen atoms in total. The van der Waals surface area contributed by atoms with Crippen LogP contribution in [0.5, 0.6) is 5.75 Å². The Morgan fingerprint density at radius 2 is 2.09 bits per heavy atom. The Hall–Kier alpha value is -3.76. The molecule has 180 valence electrons. The molecule has 0 saturated carbocycles. The number of ether oxygens (including phenoxy) is 1. The molecule has 0 radical (unpaired) electrons. The zero-order chi connectivity index (χ0) is 24.6. The number of carbonyl (C=O) groups is 2. The summed E-state index contributed by atoms with van der Waals surface area (Å²) < 4.78 is 6.67. The van der Waals surface area contributed by atoms with Gasteiger partial charge in [0, 0.05) is 22.6 Å². The number of fused-ring (bicyclic) bond motifs is 5. The zero-order valence-electron chi connectivity index (χ0n) is 18.9. The minimum Gasteiger partial charge on any atom is -0.508 e. The summed E-state index contributed by atoms with van der Waals surface area (Å²) in [7, 11) is 0. The van der Waals surface area contributed by atoms with Gasteiger partial charge in [-0.05, 0) is 42.5 Å². The molecule has 3 aliphatic rings. The standard InChI is InChI=1S/C25H23N3O7/c1-2-25(34)15-7-18-22-13(8-28(18)23(32)14(15)10-35-24(25)33)21-16(26-19(31)9-29)4-3-11-5-12(30)6-17(27-22)20(11)21/h5-7,16,29-30,34H,2-4,8-10H2,1H3,(H,26,31)/t16-,25-/m0/s1. The quantitative estimate of drug-likeness (QED) is 0.318. The fourth-order valence-electron chi connectivity index (χ4n) is 5.73. The number of phenols is 1. The van der Waals surface area contributed by atoms with Crippen molar-refractivity contribution >= 4 is 22.8 Å². The Morgan fingerprint density at radius 3 is 2.83 bits per heavy atom. The lowest BCUT2D eigenvalue weighted by Gasteiger charge is -2.31. The van der Waals surface area contributed by atoms with Crippen molar-refractivity contribution in [1.82, 2.24) is 14.9 Å². The van der Waals surface area contributed by atoms with E-state index in [1.807, 2.05) is 0 Å². The topological polar surface area (TPSA) is 151 Å². The summed E-state index contributed by atoms with van der Waals surface area (Å²) in [4.78, 5) is 42.8. The van der Waals surface area contributed by atoms with Gasteiger partial charge in [0.1, 0.15) is 19.0 Å². The molecule has 4 heterocycles. The molecule has 0 bridgehead atoms. The first kappa shape index (κ1) is 21.8. The minimum atomic E-state index is -1.93. The van der Waals surface area contributed by atoms with Crippen LogP contribution in [0.15, 0.2) is 23.0 Å². The number of benzene rings is 1. The van der Waals surface area contributed by atoms with Crippen LogP contribution < -0.4 is 10.9 Å². The van der Waals surface area contributed by atoms with Gasteiger partial charge in [-0.25, -0.2) is 9.78 Å². The Bertz CT molecular complexity index is 1530. The van der Waals surface area contributed by atoms with Crippen LogP contribution in [0.4, 0.5) is 0 Å². The van der Waals surface area contributed by atoms with Crippen molar-refractivity contribution in [3.8, 4) is 17.1 Å². The van der Waals surface area contributed by atoms with Crippen LogP contribution in [-0.2, 0) is 39.5 Å². The summed E-state index contributed by atoms with van der Waals surface area (Å²) in [5.41, 5.74) is 2.04. The number of esters is 1. The van der Waals surface area contributed by atoms with Crippen LogP contribution in [0, 0.1) is 0 Å². The summed E-state index contributed by atoms with van der Waals surface area (Å²) in [6, 6.07) is 4.44. The number of cyclic esters (lactones) is 1. The van der Waals surface area contributed by atoms with Crippen molar-refractivity contribution in [2.75, 3.05) is 6.61 Å². The lowest BCUT2D eigenvalue weighted by Crippen LogP contribution is -2.44. The molecule has 6 rings (SSSR count). The van der Waals surface area contributed by atoms with E-state index < -0.39 is 30.1 Å². The highest BCUT2D eigenvalue weighted by atomic mass is 16.6. The first-order valence-corrected chi connectivity index (χ1v) is 11.5. The SMILES string of the molecule is CC[C@@]1(O)C(=O)OCc2c1cc1n(c2=O)Cc2c-1nc1cc(O)cc3c1c2[C@@H](NC(=O)CO)CC3. The van der Waals surface area contributed by atoms with E-state index in [-0.39, 0.29) is 42.0 Å². The van der Waals surface area contributed by atoms with Crippen LogP contribution in [0.3, 0.4) is 0 Å². The van der Waals surface area contributed by atoms with Gasteiger partial charge >= 0.3 is 5.97 Å². The van der Waals surface area contributed by atoms with Crippen LogP contribution in [0.25, 0.3) is 22.3 Å². The number of nitrogens with zero attached hydrogens (tertiary/aromatic N) is 2. The number of nitrogens with one attached hydrogen (secondary N) is 1. The summed E-state index contributed by atoms with van der Waals surface area (Å²) in [5, 5.41) is 34.4. The molecule has 1 amide bonds. The Morgan fingerprint density at radius 1 is 1.29 bits per heavy atom. The highest BCUT2D eigenvalue weighted by Crippen LogP contribution is 2.45. The van der Waals surface area contributed by atoms with Gasteiger partial charge in [-0.3, -0.25) is 9.59 Å². The Balaban J connectivity index is 1.65. The number of hydrogen-bond acceptors (Lipinski definition) is 8. The highest BCUT2D eigenvalue weighted by molar-refractivity contribution is 5.94. The average Bonchev–Trinajstić information content (AvgIpc) is 3.21. The molecule has 0 fully saturated rings. The third kappa shape index (κ3) is 2.90. The predicted octanol–water partition coefficient (Wildman–Crippen LogP) is 0.881. The zero-order valence-corrected chi connectivity index (χ0v) is 18.9. The number of amides is 1. The van der Waals surface area contributed by atoms with Gasteiger partial charge in [-0.1, -0.05) is 6.92 Å². The van der Waals surface area contributed by atoms with E-state index >= 15 is 0 Å². The van der Waals surface area contributed by atoms with E-state index in [9.17, 15) is 29.7 Å². The maximum Gasteiger partial charge on any atom is 0.343 e. The first-order valence-electron chi connectivity index (χ1n) is 11.5. The lowest BCUT2D eigenvalue weighted by atomic mass is 9.83. The maximum absolute atomic E-state index is 13.5. The predicted molar refractivity (Wildman–Crippen MR) is 122 cm³/mol. The molecule has 4 N–H and O–H groups in total. The minimum absolute atomic E-state index is 0.0392. The van der Waals surface area contributed by atoms with Gasteiger partial charge in [0.25, 0.3) is 5.56 Å². The first-order chi connectivity index (χ1) is 16.8. The van der Waals surface area contributed by atoms with E-state index in [1.165, 1.54) is 6.07 Å². The molecular formula is C25H23N3O7. The molecule has 2 aromatic heterocycles. The second kappa shape index (κ2) is 7.37. The number of hydrogen-bond donors (Lipinski definition) is 4. The fraction of sp³-hybridized carbons (Fsp3) is 0.360. The van der Waals surface area contributed by atoms with Crippen molar-refractivity contribution in [1.29, 1.82) is 0 Å². The van der Waals surface area contributed by atoms with Crippen molar-refractivity contribution in [3.63, 3.8) is 0 Å². The van der Waals surface area contributed by atoms with E-state index in [2.05, 4.69) is 5.32 Å². The average molecular weight is 477 g/mol. The highest BCUT2D eigenvalue weighted by Gasteiger charge is 2.45. The molecular weight excluding hydrogens is 454 g/mol. The molecule has 10 heteroatoms. The van der Waals surface area contributed by atoms with Crippen molar-refractivity contribution in [2.45, 2.75) is 51.0 Å². The summed E-state index contributed by atoms with van der Waals surface area (Å²) in [6.45, 7) is 0.968. The summed E-state index contributed by atoms with van der Waals surface area (Å²) >= 11 is 0. The lowest BCUT2D eigenvalue weighted by molar-refractivity contribution is -0.172. The molecule has 0 spiro atoms. The number of carbonyl (C=O) groups excluding carboxylic acids is 2. The number of aryl methyl sites for hydroxylation is 1. The smallest absolute Gasteiger partial charge is 0.343 e. The van der Waals surface area contributed by atoms with E-state index in [4.69, 9.17) is 9.72 Å². The number of rotatable bonds is 3. The third-order valence-corrected chi connectivity index (χ3v) is 7.43. The van der Waals surface area contributed by atoms with Gasteiger partial charge in [-0.2, -0.15) is 0 Å².